The van der Waals surface area contributed by atoms with Crippen molar-refractivity contribution >= 4 is 46.6 Å². The van der Waals surface area contributed by atoms with E-state index in [2.05, 4.69) is 5.32 Å². The number of nitrogens with zero attached hydrogens (tertiary/aromatic N) is 1. The van der Waals surface area contributed by atoms with Crippen molar-refractivity contribution in [1.29, 1.82) is 0 Å². The van der Waals surface area contributed by atoms with Crippen molar-refractivity contribution < 1.29 is 14.3 Å². The Labute approximate surface area is 192 Å². The molecule has 0 radical (unpaired) electrons. The summed E-state index contributed by atoms with van der Waals surface area (Å²) in [5, 5.41) is 4.28. The molecule has 2 aromatic rings. The van der Waals surface area contributed by atoms with Gasteiger partial charge in [0, 0.05) is 28.2 Å². The predicted octanol–water partition coefficient (Wildman–Crippen LogP) is 5.22. The standard InChI is InChI=1S/C22H25Cl3N2O3/c1-14(2)11-26-22(29)15(3)27(12-16-7-8-18(24)10-20(16)25)21(28)13-30-19-6-4-5-17(23)9-19/h4-10,14-15H,11-13H2,1-3H3,(H,26,29). The highest BCUT2D eigenvalue weighted by Crippen LogP contribution is 2.23. The maximum Gasteiger partial charge on any atom is 0.261 e. The molecule has 0 aromatic heterocycles. The van der Waals surface area contributed by atoms with Crippen molar-refractivity contribution in [3.05, 3.63) is 63.1 Å². The van der Waals surface area contributed by atoms with Gasteiger partial charge >= 0.3 is 0 Å². The highest BCUT2D eigenvalue weighted by atomic mass is 35.5. The first-order chi connectivity index (χ1) is 14.2. The lowest BCUT2D eigenvalue weighted by molar-refractivity contribution is -0.142. The van der Waals surface area contributed by atoms with Crippen LogP contribution in [0.15, 0.2) is 42.5 Å². The van der Waals surface area contributed by atoms with Crippen LogP contribution < -0.4 is 10.1 Å². The minimum absolute atomic E-state index is 0.143. The molecular weight excluding hydrogens is 447 g/mol. The molecule has 2 rings (SSSR count). The molecular formula is C22H25Cl3N2O3. The van der Waals surface area contributed by atoms with Crippen molar-refractivity contribution in [3.8, 4) is 5.75 Å². The molecule has 0 spiro atoms. The molecule has 0 bridgehead atoms. The van der Waals surface area contributed by atoms with Crippen molar-refractivity contribution in [3.63, 3.8) is 0 Å². The second kappa shape index (κ2) is 11.4. The second-order valence-electron chi connectivity index (χ2n) is 7.32. The molecule has 0 saturated carbocycles. The first kappa shape index (κ1) is 24.3. The Morgan fingerprint density at radius 3 is 2.37 bits per heavy atom. The van der Waals surface area contributed by atoms with Crippen LogP contribution >= 0.6 is 34.8 Å². The molecule has 0 aliphatic carbocycles. The van der Waals surface area contributed by atoms with Gasteiger partial charge in [0.05, 0.1) is 0 Å². The summed E-state index contributed by atoms with van der Waals surface area (Å²) >= 11 is 18.2. The van der Waals surface area contributed by atoms with E-state index in [1.165, 1.54) is 4.90 Å². The van der Waals surface area contributed by atoms with Gasteiger partial charge in [-0.25, -0.2) is 0 Å². The fraction of sp³-hybridized carbons (Fsp3) is 0.364. The summed E-state index contributed by atoms with van der Waals surface area (Å²) in [5.41, 5.74) is 0.681. The van der Waals surface area contributed by atoms with E-state index in [0.717, 1.165) is 0 Å². The smallest absolute Gasteiger partial charge is 0.261 e. The molecule has 0 aliphatic heterocycles. The molecule has 0 fully saturated rings. The largest absolute Gasteiger partial charge is 0.484 e. The quantitative estimate of drug-likeness (QED) is 0.546. The van der Waals surface area contributed by atoms with Crippen LogP contribution in [0.2, 0.25) is 15.1 Å². The maximum absolute atomic E-state index is 13.0. The monoisotopic (exact) mass is 470 g/mol. The minimum Gasteiger partial charge on any atom is -0.484 e. The van der Waals surface area contributed by atoms with E-state index >= 15 is 0 Å². The third-order valence-electron chi connectivity index (χ3n) is 4.37. The summed E-state index contributed by atoms with van der Waals surface area (Å²) in [6.07, 6.45) is 0. The number of hydrogen-bond donors (Lipinski definition) is 1. The number of rotatable bonds is 9. The number of carbonyl (C=O) groups is 2. The van der Waals surface area contributed by atoms with Gasteiger partial charge in [0.25, 0.3) is 5.91 Å². The normalized spacial score (nSPS) is 11.8. The molecule has 2 aromatic carbocycles. The fourth-order valence-electron chi connectivity index (χ4n) is 2.65. The highest BCUT2D eigenvalue weighted by Gasteiger charge is 2.27. The molecule has 0 saturated heterocycles. The first-order valence-electron chi connectivity index (χ1n) is 9.57. The average molecular weight is 472 g/mol. The van der Waals surface area contributed by atoms with Crippen molar-refractivity contribution in [2.24, 2.45) is 5.92 Å². The summed E-state index contributed by atoms with van der Waals surface area (Å²) in [6, 6.07) is 11.1. The van der Waals surface area contributed by atoms with Gasteiger partial charge in [-0.15, -0.1) is 0 Å². The van der Waals surface area contributed by atoms with Gasteiger partial charge in [0.1, 0.15) is 11.8 Å². The Hall–Kier alpha value is -1.95. The number of benzene rings is 2. The van der Waals surface area contributed by atoms with Crippen LogP contribution in [-0.4, -0.2) is 35.9 Å². The van der Waals surface area contributed by atoms with E-state index in [1.54, 1.807) is 49.4 Å². The van der Waals surface area contributed by atoms with E-state index in [4.69, 9.17) is 39.5 Å². The van der Waals surface area contributed by atoms with Gasteiger partial charge in [-0.2, -0.15) is 0 Å². The molecule has 2 amide bonds. The summed E-state index contributed by atoms with van der Waals surface area (Å²) in [7, 11) is 0. The molecule has 0 heterocycles. The molecule has 8 heteroatoms. The molecule has 30 heavy (non-hydrogen) atoms. The van der Waals surface area contributed by atoms with E-state index in [-0.39, 0.29) is 25.0 Å². The summed E-state index contributed by atoms with van der Waals surface area (Å²) in [4.78, 5) is 27.1. The van der Waals surface area contributed by atoms with Gasteiger partial charge < -0.3 is 15.0 Å². The third kappa shape index (κ3) is 7.38. The Bertz CT molecular complexity index is 890. The van der Waals surface area contributed by atoms with Crippen LogP contribution in [0.3, 0.4) is 0 Å². The molecule has 5 nitrogen and oxygen atoms in total. The van der Waals surface area contributed by atoms with Crippen LogP contribution in [0, 0.1) is 5.92 Å². The van der Waals surface area contributed by atoms with Crippen LogP contribution in [0.5, 0.6) is 5.75 Å². The van der Waals surface area contributed by atoms with Gasteiger partial charge in [0.2, 0.25) is 5.91 Å². The molecule has 0 aliphatic rings. The number of carbonyl (C=O) groups excluding carboxylic acids is 2. The molecule has 162 valence electrons. The van der Waals surface area contributed by atoms with E-state index in [1.807, 2.05) is 13.8 Å². The van der Waals surface area contributed by atoms with Crippen LogP contribution in [0.4, 0.5) is 0 Å². The Balaban J connectivity index is 2.18. The highest BCUT2D eigenvalue weighted by molar-refractivity contribution is 6.35. The number of ether oxygens (including phenoxy) is 1. The Morgan fingerprint density at radius 1 is 1.03 bits per heavy atom. The summed E-state index contributed by atoms with van der Waals surface area (Å²) < 4.78 is 5.58. The van der Waals surface area contributed by atoms with Crippen molar-refractivity contribution in [2.45, 2.75) is 33.4 Å². The maximum atomic E-state index is 13.0. The SMILES string of the molecule is CC(C)CNC(=O)C(C)N(Cc1ccc(Cl)cc1Cl)C(=O)COc1cccc(Cl)c1. The zero-order chi connectivity index (χ0) is 22.3. The summed E-state index contributed by atoms with van der Waals surface area (Å²) in [6.45, 7) is 6.10. The van der Waals surface area contributed by atoms with E-state index < -0.39 is 6.04 Å². The second-order valence-corrected chi connectivity index (χ2v) is 8.60. The predicted molar refractivity (Wildman–Crippen MR) is 121 cm³/mol. The third-order valence-corrected chi connectivity index (χ3v) is 5.19. The lowest BCUT2D eigenvalue weighted by Crippen LogP contribution is -2.49. The Kier molecular flexibility index (Phi) is 9.28. The topological polar surface area (TPSA) is 58.6 Å². The van der Waals surface area contributed by atoms with Gasteiger partial charge in [-0.3, -0.25) is 9.59 Å². The number of amides is 2. The van der Waals surface area contributed by atoms with Crippen molar-refractivity contribution in [1.82, 2.24) is 10.2 Å². The van der Waals surface area contributed by atoms with Crippen molar-refractivity contribution in [2.75, 3.05) is 13.2 Å². The van der Waals surface area contributed by atoms with Gasteiger partial charge in [-0.05, 0) is 48.7 Å². The first-order valence-corrected chi connectivity index (χ1v) is 10.7. The number of hydrogen-bond acceptors (Lipinski definition) is 3. The van der Waals surface area contributed by atoms with Crippen LogP contribution in [0.1, 0.15) is 26.3 Å². The van der Waals surface area contributed by atoms with Gasteiger partial charge in [0.15, 0.2) is 6.61 Å². The number of halogens is 3. The Morgan fingerprint density at radius 2 is 1.73 bits per heavy atom. The average Bonchev–Trinajstić information content (AvgIpc) is 2.69. The van der Waals surface area contributed by atoms with Crippen LogP contribution in [0.25, 0.3) is 0 Å². The minimum atomic E-state index is -0.717. The molecule has 1 N–H and O–H groups in total. The molecule has 1 unspecified atom stereocenters. The van der Waals surface area contributed by atoms with E-state index in [0.29, 0.717) is 38.8 Å². The zero-order valence-corrected chi connectivity index (χ0v) is 19.4. The lowest BCUT2D eigenvalue weighted by Gasteiger charge is -2.29. The lowest BCUT2D eigenvalue weighted by atomic mass is 10.1. The zero-order valence-electron chi connectivity index (χ0n) is 17.1. The van der Waals surface area contributed by atoms with Crippen LogP contribution in [-0.2, 0) is 16.1 Å². The summed E-state index contributed by atoms with van der Waals surface area (Å²) in [5.74, 6) is 0.164. The van der Waals surface area contributed by atoms with Gasteiger partial charge in [-0.1, -0.05) is 60.8 Å². The number of nitrogens with one attached hydrogen (secondary N) is 1. The molecule has 1 atom stereocenters. The fourth-order valence-corrected chi connectivity index (χ4v) is 3.30. The van der Waals surface area contributed by atoms with E-state index in [9.17, 15) is 9.59 Å².